The smallest absolute Gasteiger partial charge is 0.0894 e. The fourth-order valence-corrected chi connectivity index (χ4v) is 0.983. The van der Waals surface area contributed by atoms with E-state index in [-0.39, 0.29) is 0 Å². The van der Waals surface area contributed by atoms with Crippen LogP contribution in [0.4, 0.5) is 0 Å². The number of alkyl halides is 1. The van der Waals surface area contributed by atoms with E-state index in [2.05, 4.69) is 37.6 Å². The maximum absolute atomic E-state index is 3.53. The van der Waals surface area contributed by atoms with Crippen molar-refractivity contribution in [3.8, 4) is 0 Å². The molecule has 0 aliphatic rings. The molecular formula is C7H16BBr. The monoisotopic (exact) mass is 190 g/mol. The summed E-state index contributed by atoms with van der Waals surface area (Å²) in [5.74, 6) is 0.907. The molecule has 0 aromatic rings. The third kappa shape index (κ3) is 6.43. The van der Waals surface area contributed by atoms with Gasteiger partial charge in [0.2, 0.25) is 0 Å². The van der Waals surface area contributed by atoms with E-state index >= 15 is 0 Å². The highest BCUT2D eigenvalue weighted by molar-refractivity contribution is 9.09. The van der Waals surface area contributed by atoms with Crippen LogP contribution in [0.25, 0.3) is 0 Å². The molecule has 0 aliphatic heterocycles. The van der Waals surface area contributed by atoms with Crippen molar-refractivity contribution in [2.75, 3.05) is 0 Å². The summed E-state index contributed by atoms with van der Waals surface area (Å²) in [7, 11) is 2.31. The Morgan fingerprint density at radius 1 is 1.44 bits per heavy atom. The molecule has 0 aromatic heterocycles. The molecule has 0 bridgehead atoms. The van der Waals surface area contributed by atoms with Gasteiger partial charge in [0, 0.05) is 4.83 Å². The van der Waals surface area contributed by atoms with Crippen molar-refractivity contribution in [2.24, 2.45) is 0 Å². The van der Waals surface area contributed by atoms with Crippen molar-refractivity contribution in [2.45, 2.75) is 43.8 Å². The Morgan fingerprint density at radius 3 is 2.33 bits per heavy atom. The van der Waals surface area contributed by atoms with E-state index in [4.69, 9.17) is 0 Å². The van der Waals surface area contributed by atoms with Gasteiger partial charge in [0.15, 0.2) is 0 Å². The third-order valence-corrected chi connectivity index (χ3v) is 2.21. The van der Waals surface area contributed by atoms with Crippen LogP contribution in [0.15, 0.2) is 0 Å². The molecule has 9 heavy (non-hydrogen) atoms. The Bertz CT molecular complexity index is 63.9. The Hall–Kier alpha value is 0.545. The second kappa shape index (κ2) is 5.34. The molecule has 0 aliphatic carbocycles. The Labute approximate surface area is 67.9 Å². The van der Waals surface area contributed by atoms with Gasteiger partial charge in [-0.25, -0.2) is 0 Å². The molecule has 0 N–H and O–H groups in total. The van der Waals surface area contributed by atoms with Gasteiger partial charge in [0.1, 0.15) is 7.85 Å². The zero-order chi connectivity index (χ0) is 7.28. The summed E-state index contributed by atoms with van der Waals surface area (Å²) in [6, 6.07) is 0. The quantitative estimate of drug-likeness (QED) is 0.472. The topological polar surface area (TPSA) is 0 Å². The minimum absolute atomic E-state index is 0.700. The summed E-state index contributed by atoms with van der Waals surface area (Å²) in [6.45, 7) is 4.46. The van der Waals surface area contributed by atoms with Crippen molar-refractivity contribution >= 4 is 23.8 Å². The van der Waals surface area contributed by atoms with Crippen LogP contribution in [-0.4, -0.2) is 12.7 Å². The Morgan fingerprint density at radius 2 is 2.00 bits per heavy atom. The Balaban J connectivity index is 3.06. The average molecular weight is 191 g/mol. The standard InChI is InChI=1S/C7H16BBr/c1-3-7(8)5-4-6(2)9/h6-7H,3-5,8H2,1-2H3. The van der Waals surface area contributed by atoms with E-state index in [9.17, 15) is 0 Å². The zero-order valence-corrected chi connectivity index (χ0v) is 8.24. The first kappa shape index (κ1) is 9.54. The van der Waals surface area contributed by atoms with Crippen LogP contribution in [0, 0.1) is 0 Å². The van der Waals surface area contributed by atoms with E-state index in [1.54, 1.807) is 0 Å². The first-order chi connectivity index (χ1) is 4.16. The fourth-order valence-electron chi connectivity index (χ4n) is 0.718. The van der Waals surface area contributed by atoms with Gasteiger partial charge in [-0.1, -0.05) is 48.4 Å². The average Bonchev–Trinajstić information content (AvgIpc) is 1.83. The lowest BCUT2D eigenvalue weighted by Gasteiger charge is -2.08. The summed E-state index contributed by atoms with van der Waals surface area (Å²) in [6.07, 6.45) is 4.00. The maximum atomic E-state index is 3.53. The van der Waals surface area contributed by atoms with Crippen LogP contribution in [0.3, 0.4) is 0 Å². The summed E-state index contributed by atoms with van der Waals surface area (Å²) in [5.41, 5.74) is 0. The number of halogens is 1. The summed E-state index contributed by atoms with van der Waals surface area (Å²) >= 11 is 3.53. The van der Waals surface area contributed by atoms with Crippen LogP contribution in [0.5, 0.6) is 0 Å². The number of rotatable bonds is 4. The van der Waals surface area contributed by atoms with Crippen LogP contribution in [-0.2, 0) is 0 Å². The molecule has 0 heterocycles. The van der Waals surface area contributed by atoms with E-state index in [0.29, 0.717) is 4.83 Å². The molecule has 0 rings (SSSR count). The lowest BCUT2D eigenvalue weighted by Crippen LogP contribution is -1.95. The van der Waals surface area contributed by atoms with Gasteiger partial charge in [-0.15, -0.1) is 0 Å². The van der Waals surface area contributed by atoms with Gasteiger partial charge in [-0.05, 0) is 6.42 Å². The van der Waals surface area contributed by atoms with Crippen molar-refractivity contribution in [3.63, 3.8) is 0 Å². The van der Waals surface area contributed by atoms with Crippen LogP contribution in [0.1, 0.15) is 33.1 Å². The highest BCUT2D eigenvalue weighted by Crippen LogP contribution is 2.17. The van der Waals surface area contributed by atoms with E-state index in [1.807, 2.05) is 0 Å². The van der Waals surface area contributed by atoms with Crippen molar-refractivity contribution in [1.82, 2.24) is 0 Å². The minimum Gasteiger partial charge on any atom is -0.0894 e. The van der Waals surface area contributed by atoms with E-state index in [0.717, 1.165) is 5.82 Å². The molecule has 0 fully saturated rings. The molecule has 0 aromatic carbocycles. The highest BCUT2D eigenvalue weighted by atomic mass is 79.9. The molecule has 0 saturated heterocycles. The molecule has 54 valence electrons. The maximum Gasteiger partial charge on any atom is 0.105 e. The van der Waals surface area contributed by atoms with Gasteiger partial charge in [-0.3, -0.25) is 0 Å². The molecule has 2 unspecified atom stereocenters. The highest BCUT2D eigenvalue weighted by Gasteiger charge is 2.00. The van der Waals surface area contributed by atoms with Gasteiger partial charge in [0.25, 0.3) is 0 Å². The largest absolute Gasteiger partial charge is 0.105 e. The predicted molar refractivity (Wildman–Crippen MR) is 50.2 cm³/mol. The third-order valence-electron chi connectivity index (χ3n) is 1.75. The first-order valence-corrected chi connectivity index (χ1v) is 4.72. The number of hydrogen-bond acceptors (Lipinski definition) is 0. The Kier molecular flexibility index (Phi) is 5.66. The predicted octanol–water partition coefficient (Wildman–Crippen LogP) is 2.38. The molecule has 2 heteroatoms. The van der Waals surface area contributed by atoms with Crippen molar-refractivity contribution in [1.29, 1.82) is 0 Å². The van der Waals surface area contributed by atoms with Crippen molar-refractivity contribution < 1.29 is 0 Å². The van der Waals surface area contributed by atoms with E-state index < -0.39 is 0 Å². The lowest BCUT2D eigenvalue weighted by molar-refractivity contribution is 0.667. The van der Waals surface area contributed by atoms with Crippen LogP contribution in [0.2, 0.25) is 5.82 Å². The molecule has 0 amide bonds. The summed E-state index contributed by atoms with van der Waals surface area (Å²) in [5, 5.41) is 0. The molecule has 0 nitrogen and oxygen atoms in total. The van der Waals surface area contributed by atoms with Crippen LogP contribution >= 0.6 is 15.9 Å². The minimum atomic E-state index is 0.700. The summed E-state index contributed by atoms with van der Waals surface area (Å²) in [4.78, 5) is 0.700. The van der Waals surface area contributed by atoms with Gasteiger partial charge >= 0.3 is 0 Å². The molecule has 2 atom stereocenters. The summed E-state index contributed by atoms with van der Waals surface area (Å²) < 4.78 is 0. The molecule has 0 saturated carbocycles. The normalized spacial score (nSPS) is 17.2. The van der Waals surface area contributed by atoms with Crippen molar-refractivity contribution in [3.05, 3.63) is 0 Å². The molecule has 0 spiro atoms. The second-order valence-electron chi connectivity index (χ2n) is 2.87. The van der Waals surface area contributed by atoms with Gasteiger partial charge in [0.05, 0.1) is 0 Å². The van der Waals surface area contributed by atoms with Gasteiger partial charge in [-0.2, -0.15) is 0 Å². The second-order valence-corrected chi connectivity index (χ2v) is 4.43. The lowest BCUT2D eigenvalue weighted by atomic mass is 9.81. The van der Waals surface area contributed by atoms with E-state index in [1.165, 1.54) is 19.3 Å². The SMILES string of the molecule is BC(CC)CCC(C)Br. The molecule has 0 radical (unpaired) electrons. The zero-order valence-electron chi connectivity index (χ0n) is 6.65. The van der Waals surface area contributed by atoms with Crippen LogP contribution < -0.4 is 0 Å². The molecular weight excluding hydrogens is 175 g/mol. The van der Waals surface area contributed by atoms with Gasteiger partial charge < -0.3 is 0 Å². The first-order valence-electron chi connectivity index (χ1n) is 3.80. The number of hydrogen-bond donors (Lipinski definition) is 0. The fraction of sp³-hybridized carbons (Fsp3) is 1.00.